The molecule has 0 fully saturated rings. The van der Waals surface area contributed by atoms with Crippen LogP contribution in [-0.2, 0) is 6.54 Å². The molecule has 0 unspecified atom stereocenters. The molecule has 0 aliphatic rings. The number of methoxy groups -OCH3 is 1. The van der Waals surface area contributed by atoms with Gasteiger partial charge in [0.2, 0.25) is 5.88 Å². The van der Waals surface area contributed by atoms with Crippen molar-refractivity contribution in [2.45, 2.75) is 6.54 Å². The minimum Gasteiger partial charge on any atom is -0.479 e. The average molecular weight is 343 g/mol. The molecule has 0 radical (unpaired) electrons. The Balaban J connectivity index is 1.63. The highest BCUT2D eigenvalue weighted by Crippen LogP contribution is 2.28. The third-order valence-corrected chi connectivity index (χ3v) is 4.02. The monoisotopic (exact) mass is 343 g/mol. The molecule has 0 spiro atoms. The second kappa shape index (κ2) is 7.14. The highest BCUT2D eigenvalue weighted by atomic mass is 16.5. The standard InChI is InChI=1S/C20H17N5O/c1-26-20-19(22-10-11-23-20)17-4-2-3-16(13-17)18-7-12-25(24-18)14-15-5-8-21-9-6-15/h2-13H,14H2,1H3. The van der Waals surface area contributed by atoms with Gasteiger partial charge in [-0.2, -0.15) is 5.10 Å². The number of rotatable bonds is 5. The molecule has 3 heterocycles. The molecule has 6 heteroatoms. The van der Waals surface area contributed by atoms with Crippen LogP contribution in [0.1, 0.15) is 5.56 Å². The predicted octanol–water partition coefficient (Wildman–Crippen LogP) is 3.46. The number of ether oxygens (including phenoxy) is 1. The van der Waals surface area contributed by atoms with Crippen LogP contribution in [0.4, 0.5) is 0 Å². The fourth-order valence-corrected chi connectivity index (χ4v) is 2.78. The first-order valence-corrected chi connectivity index (χ1v) is 8.21. The lowest BCUT2D eigenvalue weighted by molar-refractivity contribution is 0.398. The van der Waals surface area contributed by atoms with Gasteiger partial charge in [-0.15, -0.1) is 0 Å². The van der Waals surface area contributed by atoms with E-state index in [0.29, 0.717) is 18.1 Å². The first kappa shape index (κ1) is 16.0. The van der Waals surface area contributed by atoms with Crippen LogP contribution in [0, 0.1) is 0 Å². The molecule has 0 saturated carbocycles. The second-order valence-corrected chi connectivity index (χ2v) is 5.75. The number of nitrogens with zero attached hydrogens (tertiary/aromatic N) is 5. The van der Waals surface area contributed by atoms with Crippen LogP contribution in [0.2, 0.25) is 0 Å². The van der Waals surface area contributed by atoms with Crippen LogP contribution in [0.25, 0.3) is 22.5 Å². The maximum atomic E-state index is 5.32. The maximum absolute atomic E-state index is 5.32. The van der Waals surface area contributed by atoms with E-state index in [1.807, 2.05) is 53.3 Å². The molecule has 1 aromatic carbocycles. The topological polar surface area (TPSA) is 65.7 Å². The number of pyridine rings is 1. The summed E-state index contributed by atoms with van der Waals surface area (Å²) >= 11 is 0. The van der Waals surface area contributed by atoms with Crippen LogP contribution in [0.15, 0.2) is 73.4 Å². The van der Waals surface area contributed by atoms with Gasteiger partial charge in [-0.1, -0.05) is 18.2 Å². The summed E-state index contributed by atoms with van der Waals surface area (Å²) in [6.45, 7) is 0.709. The van der Waals surface area contributed by atoms with Gasteiger partial charge in [0.05, 0.1) is 19.3 Å². The summed E-state index contributed by atoms with van der Waals surface area (Å²) in [5.41, 5.74) is 4.74. The molecule has 0 bridgehead atoms. The minimum atomic E-state index is 0.507. The Morgan fingerprint density at radius 2 is 1.73 bits per heavy atom. The summed E-state index contributed by atoms with van der Waals surface area (Å²) in [6.07, 6.45) is 8.83. The van der Waals surface area contributed by atoms with E-state index in [0.717, 1.165) is 22.4 Å². The molecule has 6 nitrogen and oxygen atoms in total. The maximum Gasteiger partial charge on any atom is 0.240 e. The fraction of sp³-hybridized carbons (Fsp3) is 0.100. The van der Waals surface area contributed by atoms with Crippen LogP contribution in [-0.4, -0.2) is 31.8 Å². The lowest BCUT2D eigenvalue weighted by Gasteiger charge is -2.07. The summed E-state index contributed by atoms with van der Waals surface area (Å²) in [4.78, 5) is 12.7. The SMILES string of the molecule is COc1nccnc1-c1cccc(-c2ccn(Cc3ccncc3)n2)c1. The van der Waals surface area contributed by atoms with Gasteiger partial charge >= 0.3 is 0 Å². The van der Waals surface area contributed by atoms with Gasteiger partial charge in [0, 0.05) is 42.1 Å². The van der Waals surface area contributed by atoms with Crippen LogP contribution in [0.3, 0.4) is 0 Å². The van der Waals surface area contributed by atoms with E-state index >= 15 is 0 Å². The van der Waals surface area contributed by atoms with Crippen molar-refractivity contribution in [3.8, 4) is 28.4 Å². The zero-order chi connectivity index (χ0) is 17.8. The van der Waals surface area contributed by atoms with E-state index < -0.39 is 0 Å². The second-order valence-electron chi connectivity index (χ2n) is 5.75. The Morgan fingerprint density at radius 3 is 2.58 bits per heavy atom. The highest BCUT2D eigenvalue weighted by Gasteiger charge is 2.10. The van der Waals surface area contributed by atoms with Crippen LogP contribution >= 0.6 is 0 Å². The third-order valence-electron chi connectivity index (χ3n) is 4.02. The van der Waals surface area contributed by atoms with Gasteiger partial charge in [0.25, 0.3) is 0 Å². The number of benzene rings is 1. The van der Waals surface area contributed by atoms with Crippen molar-refractivity contribution in [2.24, 2.45) is 0 Å². The molecule has 0 aliphatic heterocycles. The highest BCUT2D eigenvalue weighted by molar-refractivity contribution is 5.71. The number of aromatic nitrogens is 5. The van der Waals surface area contributed by atoms with E-state index in [2.05, 4.69) is 20.1 Å². The predicted molar refractivity (Wildman–Crippen MR) is 98.6 cm³/mol. The lowest BCUT2D eigenvalue weighted by Crippen LogP contribution is -2.00. The molecule has 0 atom stereocenters. The van der Waals surface area contributed by atoms with Crippen molar-refractivity contribution in [3.05, 3.63) is 79.0 Å². The van der Waals surface area contributed by atoms with Gasteiger partial charge in [0.1, 0.15) is 5.69 Å². The summed E-state index contributed by atoms with van der Waals surface area (Å²) < 4.78 is 7.23. The van der Waals surface area contributed by atoms with Crippen LogP contribution < -0.4 is 4.74 Å². The van der Waals surface area contributed by atoms with Crippen molar-refractivity contribution in [2.75, 3.05) is 7.11 Å². The van der Waals surface area contributed by atoms with Gasteiger partial charge < -0.3 is 4.74 Å². The smallest absolute Gasteiger partial charge is 0.240 e. The van der Waals surface area contributed by atoms with Crippen molar-refractivity contribution >= 4 is 0 Å². The molecule has 0 N–H and O–H groups in total. The van der Waals surface area contributed by atoms with Crippen molar-refractivity contribution in [1.29, 1.82) is 0 Å². The van der Waals surface area contributed by atoms with E-state index in [1.165, 1.54) is 0 Å². The largest absolute Gasteiger partial charge is 0.479 e. The molecule has 4 rings (SSSR count). The van der Waals surface area contributed by atoms with Gasteiger partial charge in [0.15, 0.2) is 0 Å². The molecular weight excluding hydrogens is 326 g/mol. The third kappa shape index (κ3) is 3.30. The van der Waals surface area contributed by atoms with Crippen molar-refractivity contribution in [1.82, 2.24) is 24.7 Å². The molecule has 0 saturated heterocycles. The van der Waals surface area contributed by atoms with E-state index in [1.54, 1.807) is 31.9 Å². The Morgan fingerprint density at radius 1 is 0.923 bits per heavy atom. The summed E-state index contributed by atoms with van der Waals surface area (Å²) in [7, 11) is 1.60. The van der Waals surface area contributed by atoms with Gasteiger partial charge in [-0.05, 0) is 29.8 Å². The van der Waals surface area contributed by atoms with Crippen molar-refractivity contribution in [3.63, 3.8) is 0 Å². The molecule has 0 aliphatic carbocycles. The van der Waals surface area contributed by atoms with Gasteiger partial charge in [-0.25, -0.2) is 9.97 Å². The zero-order valence-corrected chi connectivity index (χ0v) is 14.3. The number of hydrogen-bond acceptors (Lipinski definition) is 5. The van der Waals surface area contributed by atoms with Gasteiger partial charge in [-0.3, -0.25) is 9.67 Å². The quantitative estimate of drug-likeness (QED) is 0.555. The Bertz CT molecular complexity index is 1010. The summed E-state index contributed by atoms with van der Waals surface area (Å²) in [5, 5.41) is 4.68. The molecular formula is C20H17N5O. The molecule has 0 amide bonds. The molecule has 4 aromatic rings. The Labute approximate surface area is 151 Å². The Kier molecular flexibility index (Phi) is 4.38. The first-order chi connectivity index (χ1) is 12.8. The summed E-state index contributed by atoms with van der Waals surface area (Å²) in [6, 6.07) is 14.0. The normalized spacial score (nSPS) is 10.7. The summed E-state index contributed by atoms with van der Waals surface area (Å²) in [5.74, 6) is 0.507. The van der Waals surface area contributed by atoms with Crippen LogP contribution in [0.5, 0.6) is 5.88 Å². The molecule has 3 aromatic heterocycles. The number of hydrogen-bond donors (Lipinski definition) is 0. The van der Waals surface area contributed by atoms with E-state index in [9.17, 15) is 0 Å². The molecule has 128 valence electrons. The fourth-order valence-electron chi connectivity index (χ4n) is 2.78. The average Bonchev–Trinajstić information content (AvgIpc) is 3.17. The van der Waals surface area contributed by atoms with E-state index in [-0.39, 0.29) is 0 Å². The molecule has 26 heavy (non-hydrogen) atoms. The minimum absolute atomic E-state index is 0.507. The van der Waals surface area contributed by atoms with E-state index in [4.69, 9.17) is 4.74 Å². The van der Waals surface area contributed by atoms with Crippen molar-refractivity contribution < 1.29 is 4.74 Å². The Hall–Kier alpha value is -3.54. The lowest BCUT2D eigenvalue weighted by atomic mass is 10.1. The first-order valence-electron chi connectivity index (χ1n) is 8.21. The zero-order valence-electron chi connectivity index (χ0n) is 14.3.